The summed E-state index contributed by atoms with van der Waals surface area (Å²) < 4.78 is 43.6. The molecule has 2 aliphatic rings. The van der Waals surface area contributed by atoms with Crippen LogP contribution >= 0.6 is 15.9 Å². The van der Waals surface area contributed by atoms with Crippen LogP contribution in [-0.2, 0) is 4.74 Å². The number of esters is 1. The minimum Gasteiger partial charge on any atom is -0.496 e. The fourth-order valence-corrected chi connectivity index (χ4v) is 5.93. The van der Waals surface area contributed by atoms with Crippen LogP contribution in [0.2, 0.25) is 0 Å². The molecule has 0 bridgehead atoms. The first-order valence-electron chi connectivity index (χ1n) is 13.0. The van der Waals surface area contributed by atoms with E-state index in [1.165, 1.54) is 35.4 Å². The zero-order valence-electron chi connectivity index (χ0n) is 22.8. The molecule has 2 aliphatic carbocycles. The van der Waals surface area contributed by atoms with Gasteiger partial charge in [0.2, 0.25) is 0 Å². The standard InChI is InChI=1S/C20H20FNO3.C12H12BrFO/c1-24-19-7-6-14(21)11-18(19)17-5-3-4-16(17)12-8-13(20(23)25-2)10-15(22)9-12;1-15-12-6-5-8(14)7-10(12)9-3-2-4-11(9)13/h6-11H,3-5,22H2,1-2H3;5-7H,2-4H2,1H3. The van der Waals surface area contributed by atoms with E-state index in [-0.39, 0.29) is 11.6 Å². The number of nitrogens with two attached hydrogens (primary N) is 1. The summed E-state index contributed by atoms with van der Waals surface area (Å²) in [5.41, 5.74) is 12.6. The predicted molar refractivity (Wildman–Crippen MR) is 158 cm³/mol. The lowest BCUT2D eigenvalue weighted by Crippen LogP contribution is -2.03. The normalized spacial score (nSPS) is 14.7. The van der Waals surface area contributed by atoms with Crippen LogP contribution in [0.15, 0.2) is 59.1 Å². The lowest BCUT2D eigenvalue weighted by atomic mass is 9.95. The van der Waals surface area contributed by atoms with E-state index in [4.69, 9.17) is 19.9 Å². The molecule has 0 aliphatic heterocycles. The molecule has 0 atom stereocenters. The minimum absolute atomic E-state index is 0.217. The highest BCUT2D eigenvalue weighted by atomic mass is 79.9. The zero-order valence-corrected chi connectivity index (χ0v) is 24.4. The molecule has 0 radical (unpaired) electrons. The average molecular weight is 613 g/mol. The summed E-state index contributed by atoms with van der Waals surface area (Å²) in [6.45, 7) is 0. The van der Waals surface area contributed by atoms with Crippen molar-refractivity contribution in [3.63, 3.8) is 0 Å². The molecule has 0 saturated heterocycles. The van der Waals surface area contributed by atoms with Gasteiger partial charge >= 0.3 is 5.97 Å². The molecule has 0 aromatic heterocycles. The summed E-state index contributed by atoms with van der Waals surface area (Å²) in [5.74, 6) is 0.415. The maximum absolute atomic E-state index is 13.8. The first-order valence-corrected chi connectivity index (χ1v) is 13.8. The summed E-state index contributed by atoms with van der Waals surface area (Å²) in [6, 6.07) is 14.3. The number of nitrogen functional groups attached to an aromatic ring is 1. The van der Waals surface area contributed by atoms with Gasteiger partial charge in [-0.15, -0.1) is 0 Å². The third-order valence-corrected chi connectivity index (χ3v) is 7.94. The minimum atomic E-state index is -0.433. The fourth-order valence-electron chi connectivity index (χ4n) is 5.24. The Kier molecular flexibility index (Phi) is 9.63. The molecule has 2 N–H and O–H groups in total. The van der Waals surface area contributed by atoms with E-state index in [0.29, 0.717) is 17.0 Å². The monoisotopic (exact) mass is 611 g/mol. The smallest absolute Gasteiger partial charge is 0.337 e. The quantitative estimate of drug-likeness (QED) is 0.224. The summed E-state index contributed by atoms with van der Waals surface area (Å²) in [5, 5.41) is 0. The second-order valence-corrected chi connectivity index (χ2v) is 10.5. The van der Waals surface area contributed by atoms with Crippen LogP contribution in [0.3, 0.4) is 0 Å². The third kappa shape index (κ3) is 6.55. The van der Waals surface area contributed by atoms with Crippen molar-refractivity contribution in [2.45, 2.75) is 38.5 Å². The number of carbonyl (C=O) groups is 1. The Morgan fingerprint density at radius 3 is 1.85 bits per heavy atom. The van der Waals surface area contributed by atoms with E-state index < -0.39 is 5.97 Å². The van der Waals surface area contributed by atoms with Crippen molar-refractivity contribution in [3.05, 3.63) is 93.0 Å². The van der Waals surface area contributed by atoms with Crippen molar-refractivity contribution in [1.29, 1.82) is 0 Å². The van der Waals surface area contributed by atoms with Crippen molar-refractivity contribution in [2.75, 3.05) is 27.1 Å². The van der Waals surface area contributed by atoms with Crippen LogP contribution in [-0.4, -0.2) is 27.3 Å². The van der Waals surface area contributed by atoms with E-state index in [2.05, 4.69) is 15.9 Å². The second-order valence-electron chi connectivity index (χ2n) is 9.57. The number of benzene rings is 3. The van der Waals surface area contributed by atoms with Gasteiger partial charge in [0.1, 0.15) is 23.1 Å². The van der Waals surface area contributed by atoms with E-state index in [9.17, 15) is 13.6 Å². The molecule has 0 saturated carbocycles. The van der Waals surface area contributed by atoms with Crippen LogP contribution in [0.1, 0.15) is 65.6 Å². The lowest BCUT2D eigenvalue weighted by Gasteiger charge is -2.14. The number of carbonyl (C=O) groups excluding carboxylic acids is 1. The number of halogens is 3. The van der Waals surface area contributed by atoms with E-state index >= 15 is 0 Å². The van der Waals surface area contributed by atoms with Gasteiger partial charge < -0.3 is 19.9 Å². The molecule has 5 rings (SSSR count). The van der Waals surface area contributed by atoms with E-state index in [1.807, 2.05) is 6.07 Å². The Balaban J connectivity index is 0.000000210. The Hall–Kier alpha value is -3.65. The van der Waals surface area contributed by atoms with Crippen LogP contribution in [0, 0.1) is 11.6 Å². The first-order chi connectivity index (χ1) is 19.2. The van der Waals surface area contributed by atoms with Crippen molar-refractivity contribution in [3.8, 4) is 11.5 Å². The third-order valence-electron chi connectivity index (χ3n) is 7.07. The SMILES string of the molecule is COC(=O)c1cc(N)cc(C2=C(c3cc(F)ccc3OC)CCC2)c1.COc1ccc(F)cc1C1=C(Br)CCC1. The number of ether oxygens (including phenoxy) is 3. The van der Waals surface area contributed by atoms with Gasteiger partial charge in [0.25, 0.3) is 0 Å². The van der Waals surface area contributed by atoms with Crippen LogP contribution < -0.4 is 15.2 Å². The molecule has 3 aromatic carbocycles. The summed E-state index contributed by atoms with van der Waals surface area (Å²) >= 11 is 3.53. The lowest BCUT2D eigenvalue weighted by molar-refractivity contribution is 0.0600. The van der Waals surface area contributed by atoms with Crippen molar-refractivity contribution >= 4 is 44.3 Å². The summed E-state index contributed by atoms with van der Waals surface area (Å²) in [4.78, 5) is 11.9. The van der Waals surface area contributed by atoms with Crippen LogP contribution in [0.25, 0.3) is 16.7 Å². The molecule has 0 unspecified atom stereocenters. The van der Waals surface area contributed by atoms with E-state index in [0.717, 1.165) is 72.1 Å². The fraction of sp³-hybridized carbons (Fsp3) is 0.281. The second kappa shape index (κ2) is 13.1. The number of methoxy groups -OCH3 is 3. The number of hydrogen-bond donors (Lipinski definition) is 1. The Morgan fingerprint density at radius 2 is 1.30 bits per heavy atom. The predicted octanol–water partition coefficient (Wildman–Crippen LogP) is 8.42. The zero-order chi connectivity index (χ0) is 28.8. The average Bonchev–Trinajstić information content (AvgIpc) is 3.62. The number of hydrogen-bond acceptors (Lipinski definition) is 5. The van der Waals surface area contributed by atoms with Crippen molar-refractivity contribution in [1.82, 2.24) is 0 Å². The maximum Gasteiger partial charge on any atom is 0.337 e. The van der Waals surface area contributed by atoms with Gasteiger partial charge in [-0.3, -0.25) is 0 Å². The summed E-state index contributed by atoms with van der Waals surface area (Å²) in [6.07, 6.45) is 5.74. The van der Waals surface area contributed by atoms with Crippen molar-refractivity contribution in [2.24, 2.45) is 0 Å². The molecule has 210 valence electrons. The number of anilines is 1. The Morgan fingerprint density at radius 1 is 0.750 bits per heavy atom. The maximum atomic E-state index is 13.8. The number of rotatable bonds is 6. The Labute approximate surface area is 241 Å². The van der Waals surface area contributed by atoms with Gasteiger partial charge in [0.05, 0.1) is 26.9 Å². The molecule has 0 fully saturated rings. The van der Waals surface area contributed by atoms with Gasteiger partial charge in [-0.2, -0.15) is 0 Å². The highest BCUT2D eigenvalue weighted by Gasteiger charge is 2.22. The molecular formula is C32H32BrF2NO4. The van der Waals surface area contributed by atoms with Crippen LogP contribution in [0.4, 0.5) is 14.5 Å². The molecule has 5 nitrogen and oxygen atoms in total. The highest BCUT2D eigenvalue weighted by molar-refractivity contribution is 9.11. The summed E-state index contributed by atoms with van der Waals surface area (Å²) in [7, 11) is 4.52. The van der Waals surface area contributed by atoms with Crippen LogP contribution in [0.5, 0.6) is 11.5 Å². The van der Waals surface area contributed by atoms with Gasteiger partial charge in [-0.05, 0) is 120 Å². The van der Waals surface area contributed by atoms with E-state index in [1.54, 1.807) is 44.6 Å². The highest BCUT2D eigenvalue weighted by Crippen LogP contribution is 2.44. The molecular weight excluding hydrogens is 580 g/mol. The number of allylic oxidation sites excluding steroid dienone is 4. The molecule has 0 spiro atoms. The molecule has 0 heterocycles. The van der Waals surface area contributed by atoms with Crippen molar-refractivity contribution < 1.29 is 27.8 Å². The molecule has 40 heavy (non-hydrogen) atoms. The molecule has 0 amide bonds. The molecule has 3 aromatic rings. The Bertz CT molecular complexity index is 1480. The van der Waals surface area contributed by atoms with Gasteiger partial charge in [0.15, 0.2) is 0 Å². The van der Waals surface area contributed by atoms with Gasteiger partial charge in [-0.25, -0.2) is 13.6 Å². The first kappa shape index (κ1) is 29.3. The largest absolute Gasteiger partial charge is 0.496 e. The molecule has 8 heteroatoms. The van der Waals surface area contributed by atoms with Gasteiger partial charge in [0, 0.05) is 16.8 Å². The topological polar surface area (TPSA) is 70.8 Å². The van der Waals surface area contributed by atoms with Gasteiger partial charge in [-0.1, -0.05) is 15.9 Å².